The van der Waals surface area contributed by atoms with E-state index in [2.05, 4.69) is 0 Å². The van der Waals surface area contributed by atoms with Crippen LogP contribution >= 0.6 is 0 Å². The van der Waals surface area contributed by atoms with Gasteiger partial charge in [-0.2, -0.15) is 0 Å². The van der Waals surface area contributed by atoms with Crippen molar-refractivity contribution in [2.75, 3.05) is 27.3 Å². The topological polar surface area (TPSA) is 95.0 Å². The van der Waals surface area contributed by atoms with E-state index in [9.17, 15) is 14.4 Å². The lowest BCUT2D eigenvalue weighted by molar-refractivity contribution is -0.144. The molecule has 0 aliphatic carbocycles. The Kier molecular flexibility index (Phi) is 5.77. The number of likely N-dealkylation sites (N-methyl/N-ethyl adjacent to an activating group) is 1. The van der Waals surface area contributed by atoms with Crippen molar-refractivity contribution in [3.63, 3.8) is 0 Å². The number of urea groups is 1. The highest BCUT2D eigenvalue weighted by Crippen LogP contribution is 2.34. The number of rotatable bonds is 7. The van der Waals surface area contributed by atoms with Gasteiger partial charge < -0.3 is 24.2 Å². The van der Waals surface area contributed by atoms with Gasteiger partial charge in [0, 0.05) is 25.5 Å². The Balaban J connectivity index is 1.53. The first-order valence-corrected chi connectivity index (χ1v) is 10.5. The van der Waals surface area contributed by atoms with Crippen LogP contribution in [0.4, 0.5) is 4.79 Å². The number of fused-ring (bicyclic) bond motifs is 3. The summed E-state index contributed by atoms with van der Waals surface area (Å²) in [5.74, 6) is 0.607. The van der Waals surface area contributed by atoms with E-state index in [4.69, 9.17) is 14.5 Å². The van der Waals surface area contributed by atoms with Crippen LogP contribution in [0, 0.1) is 0 Å². The molecule has 3 heterocycles. The molecule has 4 rings (SSSR count). The van der Waals surface area contributed by atoms with Crippen LogP contribution in [0.25, 0.3) is 0 Å². The predicted molar refractivity (Wildman–Crippen MR) is 115 cm³/mol. The molecule has 170 valence electrons. The molecule has 1 aromatic carbocycles. The van der Waals surface area contributed by atoms with Crippen molar-refractivity contribution >= 4 is 23.9 Å². The first-order valence-electron chi connectivity index (χ1n) is 10.5. The normalized spacial score (nSPS) is 22.0. The molecular formula is C22H27N5O5. The number of carbonyl (C=O) groups excluding carboxylic acids is 3. The number of benzene rings is 1. The van der Waals surface area contributed by atoms with Crippen LogP contribution in [-0.2, 0) is 20.9 Å². The third kappa shape index (κ3) is 3.65. The van der Waals surface area contributed by atoms with E-state index < -0.39 is 24.2 Å². The van der Waals surface area contributed by atoms with Gasteiger partial charge in [0.2, 0.25) is 5.96 Å². The summed E-state index contributed by atoms with van der Waals surface area (Å²) in [6, 6.07) is 6.63. The number of nitrogens with zero attached hydrogens (tertiary/aromatic N) is 5. The molecule has 3 aliphatic heterocycles. The lowest BCUT2D eigenvalue weighted by Gasteiger charge is -2.40. The molecule has 0 aromatic heterocycles. The summed E-state index contributed by atoms with van der Waals surface area (Å²) in [5.41, 5.74) is 2.01. The quantitative estimate of drug-likeness (QED) is 0.593. The SMILES string of the molecule is CCOC(=O)CCN1C(=O)C2C(N=C3N(Cc4ccc(OC)cc4)C(C)=CN32)N(C)C1=O. The fourth-order valence-electron chi connectivity index (χ4n) is 4.15. The maximum atomic E-state index is 13.3. The molecule has 1 saturated heterocycles. The van der Waals surface area contributed by atoms with E-state index >= 15 is 0 Å². The molecule has 32 heavy (non-hydrogen) atoms. The first-order chi connectivity index (χ1) is 15.3. The Morgan fingerprint density at radius 3 is 2.53 bits per heavy atom. The van der Waals surface area contributed by atoms with E-state index in [1.165, 1.54) is 4.90 Å². The Labute approximate surface area is 186 Å². The summed E-state index contributed by atoms with van der Waals surface area (Å²) >= 11 is 0. The molecule has 1 aromatic rings. The van der Waals surface area contributed by atoms with Crippen LogP contribution in [0.2, 0.25) is 0 Å². The molecule has 2 unspecified atom stereocenters. The number of aliphatic imine (C=N–C) groups is 1. The second kappa shape index (κ2) is 8.52. The monoisotopic (exact) mass is 441 g/mol. The first kappa shape index (κ1) is 21.7. The summed E-state index contributed by atoms with van der Waals surface area (Å²) in [4.78, 5) is 49.0. The van der Waals surface area contributed by atoms with Crippen LogP contribution in [-0.4, -0.2) is 83.0 Å². The lowest BCUT2D eigenvalue weighted by Crippen LogP contribution is -2.64. The van der Waals surface area contributed by atoms with Gasteiger partial charge in [-0.15, -0.1) is 0 Å². The van der Waals surface area contributed by atoms with Gasteiger partial charge >= 0.3 is 12.0 Å². The zero-order valence-electron chi connectivity index (χ0n) is 18.6. The Hall–Kier alpha value is -3.56. The smallest absolute Gasteiger partial charge is 0.328 e. The minimum Gasteiger partial charge on any atom is -0.497 e. The highest BCUT2D eigenvalue weighted by Gasteiger charge is 2.54. The van der Waals surface area contributed by atoms with Crippen LogP contribution in [0.3, 0.4) is 0 Å². The van der Waals surface area contributed by atoms with Crippen molar-refractivity contribution < 1.29 is 23.9 Å². The average molecular weight is 441 g/mol. The van der Waals surface area contributed by atoms with Gasteiger partial charge in [0.25, 0.3) is 5.91 Å². The third-order valence-corrected chi connectivity index (χ3v) is 5.85. The Morgan fingerprint density at radius 1 is 1.16 bits per heavy atom. The van der Waals surface area contributed by atoms with E-state index in [1.54, 1.807) is 21.1 Å². The van der Waals surface area contributed by atoms with Crippen LogP contribution in [0.1, 0.15) is 25.8 Å². The maximum absolute atomic E-state index is 13.3. The van der Waals surface area contributed by atoms with Crippen molar-refractivity contribution in [3.05, 3.63) is 41.7 Å². The molecule has 10 heteroatoms. The van der Waals surface area contributed by atoms with E-state index in [0.29, 0.717) is 12.5 Å². The van der Waals surface area contributed by atoms with Gasteiger partial charge in [-0.1, -0.05) is 12.1 Å². The van der Waals surface area contributed by atoms with E-state index in [-0.39, 0.29) is 25.5 Å². The number of ether oxygens (including phenoxy) is 2. The van der Waals surface area contributed by atoms with Crippen LogP contribution in [0.15, 0.2) is 41.2 Å². The minimum absolute atomic E-state index is 0.0223. The average Bonchev–Trinajstić information content (AvgIpc) is 3.29. The molecule has 0 radical (unpaired) electrons. The summed E-state index contributed by atoms with van der Waals surface area (Å²) in [6.45, 7) is 4.47. The maximum Gasteiger partial charge on any atom is 0.328 e. The van der Waals surface area contributed by atoms with Gasteiger partial charge in [-0.05, 0) is 31.5 Å². The molecular weight excluding hydrogens is 414 g/mol. The second-order valence-electron chi connectivity index (χ2n) is 7.84. The summed E-state index contributed by atoms with van der Waals surface area (Å²) in [5, 5.41) is 0. The Morgan fingerprint density at radius 2 is 1.88 bits per heavy atom. The Bertz CT molecular complexity index is 989. The van der Waals surface area contributed by atoms with Gasteiger partial charge in [0.1, 0.15) is 5.75 Å². The number of allylic oxidation sites excluding steroid dienone is 1. The molecule has 0 saturated carbocycles. The fraction of sp³-hybridized carbons (Fsp3) is 0.455. The summed E-state index contributed by atoms with van der Waals surface area (Å²) in [7, 11) is 3.25. The van der Waals surface area contributed by atoms with Gasteiger partial charge in [-0.25, -0.2) is 9.79 Å². The molecule has 3 aliphatic rings. The number of methoxy groups -OCH3 is 1. The van der Waals surface area contributed by atoms with Gasteiger partial charge in [0.05, 0.1) is 26.7 Å². The van der Waals surface area contributed by atoms with Crippen molar-refractivity contribution in [1.82, 2.24) is 19.6 Å². The number of esters is 1. The van der Waals surface area contributed by atoms with Crippen LogP contribution < -0.4 is 4.74 Å². The van der Waals surface area contributed by atoms with Crippen LogP contribution in [0.5, 0.6) is 5.75 Å². The number of guanidine groups is 1. The molecule has 1 fully saturated rings. The van der Waals surface area contributed by atoms with E-state index in [0.717, 1.165) is 21.9 Å². The van der Waals surface area contributed by atoms with Gasteiger partial charge in [-0.3, -0.25) is 14.5 Å². The number of hydrogen-bond acceptors (Lipinski definition) is 8. The largest absolute Gasteiger partial charge is 0.497 e. The molecule has 0 spiro atoms. The summed E-state index contributed by atoms with van der Waals surface area (Å²) < 4.78 is 10.1. The molecule has 3 amide bonds. The van der Waals surface area contributed by atoms with Crippen molar-refractivity contribution in [2.45, 2.75) is 39.0 Å². The summed E-state index contributed by atoms with van der Waals surface area (Å²) in [6.07, 6.45) is 1.23. The third-order valence-electron chi connectivity index (χ3n) is 5.85. The standard InChI is InChI=1S/C22H27N5O5/c1-5-32-17(28)10-11-25-20(29)18-19(24(3)22(25)30)23-21-26(14(2)12-27(18)21)13-15-6-8-16(31-4)9-7-15/h6-9,12,18-19H,5,10-11,13H2,1-4H3. The highest BCUT2D eigenvalue weighted by atomic mass is 16.5. The number of hydrogen-bond donors (Lipinski definition) is 0. The van der Waals surface area contributed by atoms with Crippen molar-refractivity contribution in [1.29, 1.82) is 0 Å². The number of carbonyl (C=O) groups is 3. The zero-order chi connectivity index (χ0) is 23.0. The fourth-order valence-corrected chi connectivity index (χ4v) is 4.15. The minimum atomic E-state index is -0.661. The molecule has 0 N–H and O–H groups in total. The lowest BCUT2D eigenvalue weighted by atomic mass is 10.1. The molecule has 2 atom stereocenters. The number of amides is 3. The molecule has 10 nitrogen and oxygen atoms in total. The van der Waals surface area contributed by atoms with E-state index in [1.807, 2.05) is 47.2 Å². The van der Waals surface area contributed by atoms with Crippen molar-refractivity contribution in [2.24, 2.45) is 4.99 Å². The second-order valence-corrected chi connectivity index (χ2v) is 7.84. The van der Waals surface area contributed by atoms with Crippen molar-refractivity contribution in [3.8, 4) is 5.75 Å². The molecule has 0 bridgehead atoms. The van der Waals surface area contributed by atoms with Gasteiger partial charge in [0.15, 0.2) is 12.2 Å². The number of imide groups is 1. The highest BCUT2D eigenvalue weighted by molar-refractivity contribution is 6.05. The predicted octanol–water partition coefficient (Wildman–Crippen LogP) is 1.59. The zero-order valence-corrected chi connectivity index (χ0v) is 18.6.